The summed E-state index contributed by atoms with van der Waals surface area (Å²) in [5.74, 6) is -1.30. The van der Waals surface area contributed by atoms with E-state index < -0.39 is 46.5 Å². The molecule has 1 heterocycles. The number of halogens is 2. The van der Waals surface area contributed by atoms with Gasteiger partial charge in [-0.25, -0.2) is 21.9 Å². The third kappa shape index (κ3) is 6.30. The van der Waals surface area contributed by atoms with E-state index in [-0.39, 0.29) is 23.8 Å². The van der Waals surface area contributed by atoms with Crippen molar-refractivity contribution in [3.8, 4) is 0 Å². The molecule has 0 saturated carbocycles. The van der Waals surface area contributed by atoms with Gasteiger partial charge in [-0.05, 0) is 43.2 Å². The van der Waals surface area contributed by atoms with Crippen molar-refractivity contribution in [3.05, 3.63) is 65.7 Å². The van der Waals surface area contributed by atoms with Crippen molar-refractivity contribution in [2.45, 2.75) is 49.0 Å². The normalized spacial score (nSPS) is 21.6. The van der Waals surface area contributed by atoms with Crippen molar-refractivity contribution < 1.29 is 31.8 Å². The van der Waals surface area contributed by atoms with Gasteiger partial charge in [-0.3, -0.25) is 4.79 Å². The molecule has 0 aromatic heterocycles. The number of hydrogen-bond donors (Lipinski definition) is 3. The predicted octanol–water partition coefficient (Wildman–Crippen LogP) is 1.86. The second-order valence-corrected chi connectivity index (χ2v) is 9.02. The first kappa shape index (κ1) is 23.3. The molecule has 1 amide bonds. The number of hydrogen-bond acceptors (Lipinski definition) is 5. The highest BCUT2D eigenvalue weighted by atomic mass is 32.2. The average Bonchev–Trinajstić information content (AvgIpc) is 2.74. The molecule has 0 bridgehead atoms. The van der Waals surface area contributed by atoms with Crippen molar-refractivity contribution in [2.24, 2.45) is 0 Å². The van der Waals surface area contributed by atoms with Crippen molar-refractivity contribution in [1.29, 1.82) is 0 Å². The Morgan fingerprint density at radius 3 is 2.48 bits per heavy atom. The molecular weight excluding hydrogens is 430 g/mol. The van der Waals surface area contributed by atoms with Crippen molar-refractivity contribution in [3.63, 3.8) is 0 Å². The van der Waals surface area contributed by atoms with Crippen LogP contribution in [0.4, 0.5) is 8.78 Å². The summed E-state index contributed by atoms with van der Waals surface area (Å²) in [7, 11) is -3.93. The lowest BCUT2D eigenvalue weighted by Crippen LogP contribution is -2.51. The van der Waals surface area contributed by atoms with Gasteiger partial charge in [0.2, 0.25) is 15.9 Å². The van der Waals surface area contributed by atoms with Gasteiger partial charge in [-0.15, -0.1) is 0 Å². The summed E-state index contributed by atoms with van der Waals surface area (Å²) in [6, 6.07) is 9.82. The lowest BCUT2D eigenvalue weighted by atomic mass is 9.98. The van der Waals surface area contributed by atoms with Crippen molar-refractivity contribution >= 4 is 15.9 Å². The predicted molar refractivity (Wildman–Crippen MR) is 108 cm³/mol. The molecule has 0 spiro atoms. The number of carbonyl (C=O) groups excluding carboxylic acids is 1. The molecule has 1 fully saturated rings. The molecule has 1 aliphatic rings. The van der Waals surface area contributed by atoms with Crippen LogP contribution in [-0.2, 0) is 26.1 Å². The molecule has 168 valence electrons. The second-order valence-electron chi connectivity index (χ2n) is 7.31. The summed E-state index contributed by atoms with van der Waals surface area (Å²) in [4.78, 5) is 12.1. The molecule has 7 nitrogen and oxygen atoms in total. The molecule has 1 aliphatic heterocycles. The Hall–Kier alpha value is -2.40. The van der Waals surface area contributed by atoms with Gasteiger partial charge in [-0.2, -0.15) is 0 Å². The van der Waals surface area contributed by atoms with E-state index in [4.69, 9.17) is 4.74 Å². The lowest BCUT2D eigenvalue weighted by molar-refractivity contribution is -0.130. The highest BCUT2D eigenvalue weighted by Crippen LogP contribution is 2.24. The maximum atomic E-state index is 13.6. The van der Waals surface area contributed by atoms with Crippen molar-refractivity contribution in [2.75, 3.05) is 6.61 Å². The summed E-state index contributed by atoms with van der Waals surface area (Å²) in [5.41, 5.74) is 0.365. The van der Waals surface area contributed by atoms with Gasteiger partial charge in [-0.1, -0.05) is 18.2 Å². The quantitative estimate of drug-likeness (QED) is 0.565. The van der Waals surface area contributed by atoms with Crippen LogP contribution in [0.3, 0.4) is 0 Å². The van der Waals surface area contributed by atoms with Gasteiger partial charge in [0.05, 0.1) is 36.2 Å². The molecule has 2 aromatic rings. The van der Waals surface area contributed by atoms with Crippen LogP contribution in [0, 0.1) is 11.6 Å². The zero-order valence-corrected chi connectivity index (χ0v) is 17.4. The average molecular weight is 454 g/mol. The van der Waals surface area contributed by atoms with Crippen LogP contribution >= 0.6 is 0 Å². The standard InChI is InChI=1S/C21H24F2N2O5S/c22-15-5-8-17(9-6-15)31(28,29)25-19-10-7-16(30-20(19)13-26)11-21(27)24-12-14-3-1-2-4-18(14)23/h1-6,8-9,16,19-20,25-26H,7,10-13H2,(H,24,27)/t16-,19+,20-/m1/s1. The van der Waals surface area contributed by atoms with Gasteiger partial charge >= 0.3 is 0 Å². The fraction of sp³-hybridized carbons (Fsp3) is 0.381. The van der Waals surface area contributed by atoms with E-state index in [2.05, 4.69) is 10.0 Å². The maximum Gasteiger partial charge on any atom is 0.240 e. The lowest BCUT2D eigenvalue weighted by Gasteiger charge is -2.35. The van der Waals surface area contributed by atoms with Crippen LogP contribution < -0.4 is 10.0 Å². The number of amides is 1. The summed E-state index contributed by atoms with van der Waals surface area (Å²) < 4.78 is 59.9. The minimum atomic E-state index is -3.93. The molecule has 10 heteroatoms. The Bertz CT molecular complexity index is 1000. The van der Waals surface area contributed by atoms with E-state index in [1.165, 1.54) is 6.07 Å². The Morgan fingerprint density at radius 2 is 1.81 bits per heavy atom. The molecule has 1 saturated heterocycles. The topological polar surface area (TPSA) is 105 Å². The van der Waals surface area contributed by atoms with Gasteiger partial charge in [0, 0.05) is 12.1 Å². The molecule has 0 aliphatic carbocycles. The van der Waals surface area contributed by atoms with Gasteiger partial charge in [0.25, 0.3) is 0 Å². The van der Waals surface area contributed by atoms with Gasteiger partial charge in [0.1, 0.15) is 11.6 Å². The molecule has 0 radical (unpaired) electrons. The summed E-state index contributed by atoms with van der Waals surface area (Å²) in [6.07, 6.45) is -0.614. The van der Waals surface area contributed by atoms with E-state index >= 15 is 0 Å². The Balaban J connectivity index is 1.53. The number of rotatable bonds is 8. The highest BCUT2D eigenvalue weighted by Gasteiger charge is 2.34. The Labute approximate surface area is 179 Å². The van der Waals surface area contributed by atoms with E-state index in [0.717, 1.165) is 24.3 Å². The minimum absolute atomic E-state index is 0.00237. The molecule has 3 N–H and O–H groups in total. The number of benzene rings is 2. The number of carbonyl (C=O) groups is 1. The molecule has 3 rings (SSSR count). The Kier molecular flexibility index (Phi) is 7.71. The number of aliphatic hydroxyl groups excluding tert-OH is 1. The monoisotopic (exact) mass is 454 g/mol. The summed E-state index contributed by atoms with van der Waals surface area (Å²) in [5, 5.41) is 12.3. The molecule has 31 heavy (non-hydrogen) atoms. The van der Waals surface area contributed by atoms with Gasteiger partial charge in [0.15, 0.2) is 0 Å². The molecular formula is C21H24F2N2O5S. The minimum Gasteiger partial charge on any atom is -0.394 e. The smallest absolute Gasteiger partial charge is 0.240 e. The summed E-state index contributed by atoms with van der Waals surface area (Å²) in [6.45, 7) is -0.397. The first-order valence-corrected chi connectivity index (χ1v) is 11.3. The van der Waals surface area contributed by atoms with Crippen LogP contribution in [0.5, 0.6) is 0 Å². The molecule has 3 atom stereocenters. The fourth-order valence-electron chi connectivity index (χ4n) is 3.41. The second kappa shape index (κ2) is 10.3. The van der Waals surface area contributed by atoms with E-state index in [1.807, 2.05) is 0 Å². The maximum absolute atomic E-state index is 13.6. The van der Waals surface area contributed by atoms with Gasteiger partial charge < -0.3 is 15.2 Å². The first-order valence-electron chi connectivity index (χ1n) is 9.83. The largest absolute Gasteiger partial charge is 0.394 e. The summed E-state index contributed by atoms with van der Waals surface area (Å²) >= 11 is 0. The van der Waals surface area contributed by atoms with Crippen LogP contribution in [0.2, 0.25) is 0 Å². The molecule has 2 aromatic carbocycles. The van der Waals surface area contributed by atoms with Crippen LogP contribution in [-0.4, -0.2) is 44.3 Å². The van der Waals surface area contributed by atoms with E-state index in [0.29, 0.717) is 18.4 Å². The molecule has 0 unspecified atom stereocenters. The number of ether oxygens (including phenoxy) is 1. The van der Waals surface area contributed by atoms with E-state index in [9.17, 15) is 27.1 Å². The van der Waals surface area contributed by atoms with Crippen LogP contribution in [0.15, 0.2) is 53.4 Å². The third-order valence-corrected chi connectivity index (χ3v) is 6.58. The first-order chi connectivity index (χ1) is 14.8. The highest BCUT2D eigenvalue weighted by molar-refractivity contribution is 7.89. The zero-order chi connectivity index (χ0) is 22.4. The number of nitrogens with one attached hydrogen (secondary N) is 2. The van der Waals surface area contributed by atoms with Crippen LogP contribution in [0.1, 0.15) is 24.8 Å². The number of aliphatic hydroxyl groups is 1. The number of sulfonamides is 1. The van der Waals surface area contributed by atoms with Crippen LogP contribution in [0.25, 0.3) is 0 Å². The SMILES string of the molecule is O=C(C[C@H]1CC[C@H](NS(=O)(=O)c2ccc(F)cc2)[C@@H](CO)O1)NCc1ccccc1F. The van der Waals surface area contributed by atoms with E-state index in [1.54, 1.807) is 18.2 Å². The van der Waals surface area contributed by atoms with Crippen molar-refractivity contribution in [1.82, 2.24) is 10.0 Å². The fourth-order valence-corrected chi connectivity index (χ4v) is 4.71. The zero-order valence-electron chi connectivity index (χ0n) is 16.6. The Morgan fingerprint density at radius 1 is 1.10 bits per heavy atom. The third-order valence-electron chi connectivity index (χ3n) is 5.07.